The van der Waals surface area contributed by atoms with Crippen LogP contribution in [0.25, 0.3) is 0 Å². The summed E-state index contributed by atoms with van der Waals surface area (Å²) >= 11 is 0. The zero-order chi connectivity index (χ0) is 32.2. The summed E-state index contributed by atoms with van der Waals surface area (Å²) in [5, 5.41) is 22.7. The van der Waals surface area contributed by atoms with Gasteiger partial charge in [0.25, 0.3) is 0 Å². The van der Waals surface area contributed by atoms with Gasteiger partial charge in [0.2, 0.25) is 5.91 Å². The van der Waals surface area contributed by atoms with Crippen molar-refractivity contribution in [2.75, 3.05) is 6.61 Å². The topological polar surface area (TPSA) is 69.6 Å². The minimum absolute atomic E-state index is 0.0842. The lowest BCUT2D eigenvalue weighted by molar-refractivity contribution is -0.123. The van der Waals surface area contributed by atoms with Crippen molar-refractivity contribution in [3.8, 4) is 0 Å². The van der Waals surface area contributed by atoms with E-state index < -0.39 is 12.1 Å². The van der Waals surface area contributed by atoms with Gasteiger partial charge in [-0.3, -0.25) is 4.79 Å². The maximum Gasteiger partial charge on any atom is 0.220 e. The maximum absolute atomic E-state index is 12.3. The highest BCUT2D eigenvalue weighted by Gasteiger charge is 2.17. The van der Waals surface area contributed by atoms with Crippen molar-refractivity contribution in [1.82, 2.24) is 5.32 Å². The van der Waals surface area contributed by atoms with Gasteiger partial charge < -0.3 is 15.5 Å². The molecule has 0 aliphatic heterocycles. The van der Waals surface area contributed by atoms with Crippen LogP contribution in [0.3, 0.4) is 0 Å². The Labute approximate surface area is 274 Å². The lowest BCUT2D eigenvalue weighted by atomic mass is 10.0. The minimum atomic E-state index is -0.884. The Kier molecular flexibility index (Phi) is 34.9. The lowest BCUT2D eigenvalue weighted by Gasteiger charge is -2.19. The zero-order valence-electron chi connectivity index (χ0n) is 29.4. The average Bonchev–Trinajstić information content (AvgIpc) is 3.03. The zero-order valence-corrected chi connectivity index (χ0v) is 29.4. The molecule has 4 nitrogen and oxygen atoms in total. The first kappa shape index (κ1) is 42.6. The average molecular weight is 618 g/mol. The summed E-state index contributed by atoms with van der Waals surface area (Å²) in [6.07, 6.45) is 46.8. The number of allylic oxidation sites excluding steroid dienone is 5. The van der Waals surface area contributed by atoms with Crippen molar-refractivity contribution < 1.29 is 15.0 Å². The number of nitrogens with one attached hydrogen (secondary N) is 1. The molecule has 2 atom stereocenters. The van der Waals surface area contributed by atoms with Crippen LogP contribution in [0, 0.1) is 0 Å². The molecule has 0 saturated heterocycles. The van der Waals surface area contributed by atoms with Gasteiger partial charge in [0, 0.05) is 6.42 Å². The molecule has 0 aliphatic rings. The predicted molar refractivity (Wildman–Crippen MR) is 193 cm³/mol. The van der Waals surface area contributed by atoms with Crippen molar-refractivity contribution in [3.05, 3.63) is 36.5 Å². The molecule has 0 aromatic carbocycles. The second kappa shape index (κ2) is 36.1. The number of carbonyl (C=O) groups is 1. The molecule has 44 heavy (non-hydrogen) atoms. The highest BCUT2D eigenvalue weighted by Crippen LogP contribution is 2.14. The summed E-state index contributed by atoms with van der Waals surface area (Å²) in [6.45, 7) is 4.24. The molecule has 0 spiro atoms. The van der Waals surface area contributed by atoms with E-state index >= 15 is 0 Å². The molecule has 258 valence electrons. The molecule has 0 unspecified atom stereocenters. The van der Waals surface area contributed by atoms with Crippen LogP contribution >= 0.6 is 0 Å². The van der Waals surface area contributed by atoms with E-state index in [1.807, 2.05) is 12.2 Å². The summed E-state index contributed by atoms with van der Waals surface area (Å²) in [6, 6.07) is -0.650. The van der Waals surface area contributed by atoms with Gasteiger partial charge >= 0.3 is 0 Å². The molecule has 0 aliphatic carbocycles. The van der Waals surface area contributed by atoms with Gasteiger partial charge in [0.1, 0.15) is 0 Å². The van der Waals surface area contributed by atoms with Gasteiger partial charge in [-0.05, 0) is 44.9 Å². The summed E-state index contributed by atoms with van der Waals surface area (Å²) in [5.74, 6) is -0.0842. The Morgan fingerprint density at radius 3 is 1.36 bits per heavy atom. The molecule has 3 N–H and O–H groups in total. The Bertz CT molecular complexity index is 672. The number of aliphatic hydroxyl groups excluding tert-OH is 2. The molecule has 0 radical (unpaired) electrons. The number of amides is 1. The smallest absolute Gasteiger partial charge is 0.220 e. The van der Waals surface area contributed by atoms with Gasteiger partial charge in [-0.25, -0.2) is 0 Å². The number of hydrogen-bond acceptors (Lipinski definition) is 3. The third kappa shape index (κ3) is 32.0. The minimum Gasteiger partial charge on any atom is -0.394 e. The molecule has 1 amide bonds. The molecule has 0 aromatic rings. The highest BCUT2D eigenvalue weighted by atomic mass is 16.3. The Hall–Kier alpha value is -1.39. The fraction of sp³-hybridized carbons (Fsp3) is 0.825. The summed E-state index contributed by atoms with van der Waals surface area (Å²) in [7, 11) is 0. The van der Waals surface area contributed by atoms with Crippen LogP contribution in [0.15, 0.2) is 36.5 Å². The van der Waals surface area contributed by atoms with Crippen LogP contribution in [-0.4, -0.2) is 34.9 Å². The molecule has 0 fully saturated rings. The van der Waals surface area contributed by atoms with E-state index in [1.54, 1.807) is 6.08 Å². The Balaban J connectivity index is 3.53. The fourth-order valence-electron chi connectivity index (χ4n) is 5.64. The summed E-state index contributed by atoms with van der Waals surface area (Å²) in [4.78, 5) is 12.3. The molecular weight excluding hydrogens is 542 g/mol. The van der Waals surface area contributed by atoms with Crippen molar-refractivity contribution >= 4 is 5.91 Å². The second-order valence-corrected chi connectivity index (χ2v) is 13.0. The van der Waals surface area contributed by atoms with E-state index in [2.05, 4.69) is 37.4 Å². The summed E-state index contributed by atoms with van der Waals surface area (Å²) < 4.78 is 0. The van der Waals surface area contributed by atoms with Crippen LogP contribution < -0.4 is 5.32 Å². The van der Waals surface area contributed by atoms with Crippen molar-refractivity contribution in [2.45, 2.75) is 206 Å². The number of hydrogen-bond donors (Lipinski definition) is 3. The van der Waals surface area contributed by atoms with E-state index in [1.165, 1.54) is 154 Å². The van der Waals surface area contributed by atoms with Gasteiger partial charge in [-0.1, -0.05) is 179 Å². The SMILES string of the molecule is CCCCCCC/C=C/C=C/[C@@H](O)[C@H](CO)NC(=O)CCCCCCCCCCCCCCC/C=C/CCCCCCCC. The fourth-order valence-corrected chi connectivity index (χ4v) is 5.64. The lowest BCUT2D eigenvalue weighted by Crippen LogP contribution is -2.45. The normalized spacial score (nSPS) is 13.5. The first-order valence-corrected chi connectivity index (χ1v) is 19.2. The number of aliphatic hydroxyl groups is 2. The molecule has 0 heterocycles. The summed E-state index contributed by atoms with van der Waals surface area (Å²) in [5.41, 5.74) is 0. The van der Waals surface area contributed by atoms with E-state index in [0.29, 0.717) is 6.42 Å². The molecule has 0 aromatic heterocycles. The number of rotatable bonds is 34. The van der Waals surface area contributed by atoms with Crippen LogP contribution in [0.2, 0.25) is 0 Å². The third-order valence-corrected chi connectivity index (χ3v) is 8.65. The van der Waals surface area contributed by atoms with Crippen LogP contribution in [0.4, 0.5) is 0 Å². The molecule has 0 bridgehead atoms. The molecule has 0 rings (SSSR count). The van der Waals surface area contributed by atoms with E-state index in [0.717, 1.165) is 19.3 Å². The Morgan fingerprint density at radius 1 is 0.545 bits per heavy atom. The van der Waals surface area contributed by atoms with Crippen molar-refractivity contribution in [3.63, 3.8) is 0 Å². The molecular formula is C40H75NO3. The quantitative estimate of drug-likeness (QED) is 0.0382. The van der Waals surface area contributed by atoms with E-state index in [-0.39, 0.29) is 12.5 Å². The monoisotopic (exact) mass is 618 g/mol. The van der Waals surface area contributed by atoms with Crippen LogP contribution in [0.5, 0.6) is 0 Å². The van der Waals surface area contributed by atoms with Gasteiger partial charge in [-0.15, -0.1) is 0 Å². The third-order valence-electron chi connectivity index (χ3n) is 8.65. The number of unbranched alkanes of at least 4 members (excludes halogenated alkanes) is 24. The number of carbonyl (C=O) groups excluding carboxylic acids is 1. The second-order valence-electron chi connectivity index (χ2n) is 13.0. The van der Waals surface area contributed by atoms with Crippen LogP contribution in [-0.2, 0) is 4.79 Å². The van der Waals surface area contributed by atoms with Gasteiger partial charge in [0.15, 0.2) is 0 Å². The van der Waals surface area contributed by atoms with Crippen molar-refractivity contribution in [1.29, 1.82) is 0 Å². The van der Waals surface area contributed by atoms with Crippen molar-refractivity contribution in [2.24, 2.45) is 0 Å². The van der Waals surface area contributed by atoms with E-state index in [9.17, 15) is 15.0 Å². The molecule has 0 saturated carbocycles. The maximum atomic E-state index is 12.3. The largest absolute Gasteiger partial charge is 0.394 e. The van der Waals surface area contributed by atoms with Crippen LogP contribution in [0.1, 0.15) is 194 Å². The highest BCUT2D eigenvalue weighted by molar-refractivity contribution is 5.76. The van der Waals surface area contributed by atoms with E-state index in [4.69, 9.17) is 0 Å². The molecule has 4 heteroatoms. The Morgan fingerprint density at radius 2 is 0.932 bits per heavy atom. The standard InChI is InChI=1S/C40H75NO3/c1-3-5-7-9-11-13-14-15-16-17-18-19-20-21-22-23-24-25-26-28-30-32-34-36-40(44)41-38(37-42)39(43)35-33-31-29-27-12-10-8-6-4-2/h15-16,29,31,33,35,38-39,42-43H,3-14,17-28,30,32,34,36-37H2,1-2H3,(H,41,44)/b16-15+,31-29+,35-33+/t38-,39+/m0/s1. The van der Waals surface area contributed by atoms with Gasteiger partial charge in [0.05, 0.1) is 18.8 Å². The first-order valence-electron chi connectivity index (χ1n) is 19.2. The first-order chi connectivity index (χ1) is 21.7. The predicted octanol–water partition coefficient (Wildman–Crippen LogP) is 11.5. The van der Waals surface area contributed by atoms with Gasteiger partial charge in [-0.2, -0.15) is 0 Å².